The SMILES string of the molecule is CC1(C)OB(c2cnc(NCC3CCN(CCO)C3)nc2)OC1(C)C. The molecule has 0 aliphatic carbocycles. The van der Waals surface area contributed by atoms with Gasteiger partial charge in [0.15, 0.2) is 0 Å². The summed E-state index contributed by atoms with van der Waals surface area (Å²) in [7, 11) is -0.430. The molecule has 2 fully saturated rings. The van der Waals surface area contributed by atoms with Gasteiger partial charge in [-0.25, -0.2) is 9.97 Å². The van der Waals surface area contributed by atoms with Crippen LogP contribution in [0.2, 0.25) is 0 Å². The summed E-state index contributed by atoms with van der Waals surface area (Å²) in [6.07, 6.45) is 4.67. The van der Waals surface area contributed by atoms with Crippen molar-refractivity contribution in [2.24, 2.45) is 5.92 Å². The smallest absolute Gasteiger partial charge is 0.399 e. The molecular weight excluding hydrogens is 319 g/mol. The van der Waals surface area contributed by atoms with Crippen LogP contribution in [0.4, 0.5) is 5.95 Å². The Kier molecular flexibility index (Phi) is 5.34. The van der Waals surface area contributed by atoms with Crippen molar-refractivity contribution in [3.63, 3.8) is 0 Å². The van der Waals surface area contributed by atoms with Gasteiger partial charge >= 0.3 is 7.12 Å². The minimum Gasteiger partial charge on any atom is -0.399 e. The summed E-state index contributed by atoms with van der Waals surface area (Å²) in [5.41, 5.74) is 0.105. The van der Waals surface area contributed by atoms with E-state index in [2.05, 4.69) is 20.2 Å². The number of nitrogens with zero attached hydrogens (tertiary/aromatic N) is 3. The summed E-state index contributed by atoms with van der Waals surface area (Å²) in [6.45, 7) is 12.0. The Morgan fingerprint density at radius 2 is 1.88 bits per heavy atom. The number of anilines is 1. The number of rotatable bonds is 6. The van der Waals surface area contributed by atoms with Crippen LogP contribution in [0.25, 0.3) is 0 Å². The van der Waals surface area contributed by atoms with E-state index in [-0.39, 0.29) is 17.8 Å². The lowest BCUT2D eigenvalue weighted by Gasteiger charge is -2.32. The molecule has 0 spiro atoms. The number of aromatic nitrogens is 2. The number of aliphatic hydroxyl groups is 1. The lowest BCUT2D eigenvalue weighted by atomic mass is 9.81. The minimum absolute atomic E-state index is 0.226. The molecule has 138 valence electrons. The summed E-state index contributed by atoms with van der Waals surface area (Å²) in [5, 5.41) is 12.3. The Labute approximate surface area is 150 Å². The summed E-state index contributed by atoms with van der Waals surface area (Å²) in [6, 6.07) is 0. The van der Waals surface area contributed by atoms with Crippen molar-refractivity contribution in [3.05, 3.63) is 12.4 Å². The van der Waals surface area contributed by atoms with Gasteiger partial charge in [0.1, 0.15) is 0 Å². The van der Waals surface area contributed by atoms with E-state index in [4.69, 9.17) is 14.4 Å². The van der Waals surface area contributed by atoms with Crippen LogP contribution < -0.4 is 10.8 Å². The Hall–Kier alpha value is -1.22. The molecule has 2 aliphatic heterocycles. The van der Waals surface area contributed by atoms with Gasteiger partial charge in [0.05, 0.1) is 17.8 Å². The fraction of sp³-hybridized carbons (Fsp3) is 0.765. The average Bonchev–Trinajstić information content (AvgIpc) is 3.08. The Morgan fingerprint density at radius 1 is 1.24 bits per heavy atom. The lowest BCUT2D eigenvalue weighted by molar-refractivity contribution is 0.00578. The van der Waals surface area contributed by atoms with Crippen LogP contribution in [-0.4, -0.2) is 71.1 Å². The van der Waals surface area contributed by atoms with Crippen molar-refractivity contribution in [2.45, 2.75) is 45.3 Å². The molecule has 0 bridgehead atoms. The van der Waals surface area contributed by atoms with E-state index in [0.717, 1.165) is 38.1 Å². The fourth-order valence-electron chi connectivity index (χ4n) is 3.19. The first kappa shape index (κ1) is 18.6. The van der Waals surface area contributed by atoms with Crippen LogP contribution >= 0.6 is 0 Å². The van der Waals surface area contributed by atoms with Crippen molar-refractivity contribution in [1.82, 2.24) is 14.9 Å². The van der Waals surface area contributed by atoms with Gasteiger partial charge in [0, 0.05) is 37.5 Å². The van der Waals surface area contributed by atoms with Gasteiger partial charge in [-0.3, -0.25) is 0 Å². The van der Waals surface area contributed by atoms with E-state index >= 15 is 0 Å². The van der Waals surface area contributed by atoms with Gasteiger partial charge in [-0.2, -0.15) is 0 Å². The van der Waals surface area contributed by atoms with Crippen LogP contribution in [0.5, 0.6) is 0 Å². The third-order valence-corrected chi connectivity index (χ3v) is 5.53. The zero-order valence-electron chi connectivity index (χ0n) is 15.7. The minimum atomic E-state index is -0.430. The van der Waals surface area contributed by atoms with Crippen molar-refractivity contribution < 1.29 is 14.4 Å². The van der Waals surface area contributed by atoms with Gasteiger partial charge in [0.25, 0.3) is 0 Å². The van der Waals surface area contributed by atoms with Crippen molar-refractivity contribution in [1.29, 1.82) is 0 Å². The van der Waals surface area contributed by atoms with E-state index in [9.17, 15) is 0 Å². The number of likely N-dealkylation sites (tertiary alicyclic amines) is 1. The second-order valence-electron chi connectivity index (χ2n) is 7.99. The second kappa shape index (κ2) is 7.19. The van der Waals surface area contributed by atoms with Gasteiger partial charge in [0.2, 0.25) is 5.95 Å². The monoisotopic (exact) mass is 348 g/mol. The number of aliphatic hydroxyl groups excluding tert-OH is 1. The predicted octanol–water partition coefficient (Wildman–Crippen LogP) is 0.502. The van der Waals surface area contributed by atoms with E-state index in [0.29, 0.717) is 11.9 Å². The highest BCUT2D eigenvalue weighted by Gasteiger charge is 2.51. The van der Waals surface area contributed by atoms with Gasteiger partial charge in [-0.1, -0.05) is 0 Å². The van der Waals surface area contributed by atoms with Crippen LogP contribution in [0.15, 0.2) is 12.4 Å². The van der Waals surface area contributed by atoms with Gasteiger partial charge in [-0.15, -0.1) is 0 Å². The van der Waals surface area contributed by atoms with E-state index < -0.39 is 7.12 Å². The third kappa shape index (κ3) is 4.14. The molecule has 3 heterocycles. The van der Waals surface area contributed by atoms with E-state index in [1.54, 1.807) is 12.4 Å². The lowest BCUT2D eigenvalue weighted by Crippen LogP contribution is -2.41. The molecule has 1 aromatic heterocycles. The maximum atomic E-state index is 9.00. The average molecular weight is 348 g/mol. The Balaban J connectivity index is 1.52. The Morgan fingerprint density at radius 3 is 2.48 bits per heavy atom. The standard InChI is InChI=1S/C17H29BN4O3/c1-16(2)17(3,4)25-18(24-16)14-10-20-15(21-11-14)19-9-13-5-6-22(12-13)7-8-23/h10-11,13,23H,5-9,12H2,1-4H3,(H,19,20,21). The fourth-order valence-corrected chi connectivity index (χ4v) is 3.19. The first-order valence-corrected chi connectivity index (χ1v) is 9.05. The molecule has 8 heteroatoms. The van der Waals surface area contributed by atoms with Crippen molar-refractivity contribution >= 4 is 18.5 Å². The molecule has 0 amide bonds. The van der Waals surface area contributed by atoms with Crippen molar-refractivity contribution in [2.75, 3.05) is 38.1 Å². The highest BCUT2D eigenvalue weighted by molar-refractivity contribution is 6.61. The largest absolute Gasteiger partial charge is 0.498 e. The molecule has 1 atom stereocenters. The molecule has 25 heavy (non-hydrogen) atoms. The number of nitrogens with one attached hydrogen (secondary N) is 1. The van der Waals surface area contributed by atoms with E-state index in [1.165, 1.54) is 0 Å². The van der Waals surface area contributed by atoms with Gasteiger partial charge < -0.3 is 24.6 Å². The molecule has 7 nitrogen and oxygen atoms in total. The molecule has 3 rings (SSSR count). The zero-order valence-corrected chi connectivity index (χ0v) is 15.7. The van der Waals surface area contributed by atoms with Crippen LogP contribution in [0, 0.1) is 5.92 Å². The predicted molar refractivity (Wildman–Crippen MR) is 97.9 cm³/mol. The molecule has 1 unspecified atom stereocenters. The molecule has 0 aromatic carbocycles. The number of hydrogen-bond acceptors (Lipinski definition) is 7. The highest BCUT2D eigenvalue weighted by atomic mass is 16.7. The first-order chi connectivity index (χ1) is 11.8. The highest BCUT2D eigenvalue weighted by Crippen LogP contribution is 2.36. The summed E-state index contributed by atoms with van der Waals surface area (Å²) in [5.74, 6) is 1.19. The summed E-state index contributed by atoms with van der Waals surface area (Å²) < 4.78 is 12.0. The molecule has 0 radical (unpaired) electrons. The summed E-state index contributed by atoms with van der Waals surface area (Å²) >= 11 is 0. The van der Waals surface area contributed by atoms with Crippen molar-refractivity contribution in [3.8, 4) is 0 Å². The van der Waals surface area contributed by atoms with E-state index in [1.807, 2.05) is 27.7 Å². The molecule has 2 aliphatic rings. The normalized spacial score (nSPS) is 25.5. The number of hydrogen-bond donors (Lipinski definition) is 2. The number of β-amino-alcohol motifs (C(OH)–C–C–N with tert-alkyl or cyclic N) is 1. The molecular formula is C17H29BN4O3. The van der Waals surface area contributed by atoms with Crippen LogP contribution in [-0.2, 0) is 9.31 Å². The maximum absolute atomic E-state index is 9.00. The Bertz CT molecular complexity index is 566. The maximum Gasteiger partial charge on any atom is 0.498 e. The first-order valence-electron chi connectivity index (χ1n) is 9.05. The molecule has 1 aromatic rings. The second-order valence-corrected chi connectivity index (χ2v) is 7.99. The van der Waals surface area contributed by atoms with Gasteiger partial charge in [-0.05, 0) is 46.6 Å². The molecule has 2 saturated heterocycles. The zero-order chi connectivity index (χ0) is 18.1. The quantitative estimate of drug-likeness (QED) is 0.725. The molecule has 0 saturated carbocycles. The molecule has 2 N–H and O–H groups in total. The topological polar surface area (TPSA) is 79.7 Å². The van der Waals surface area contributed by atoms with Crippen LogP contribution in [0.3, 0.4) is 0 Å². The summed E-state index contributed by atoms with van der Waals surface area (Å²) in [4.78, 5) is 11.1. The third-order valence-electron chi connectivity index (χ3n) is 5.53. The van der Waals surface area contributed by atoms with Crippen LogP contribution in [0.1, 0.15) is 34.1 Å².